The first-order chi connectivity index (χ1) is 28.5. The number of carbonyl (C=O) groups is 6. The zero-order valence-electron chi connectivity index (χ0n) is 31.7. The van der Waals surface area contributed by atoms with Gasteiger partial charge in [-0.1, -0.05) is 0 Å². The van der Waals surface area contributed by atoms with Crippen molar-refractivity contribution in [2.24, 2.45) is 0 Å². The van der Waals surface area contributed by atoms with Crippen LogP contribution < -0.4 is 10.1 Å². The molecule has 0 amide bonds. The lowest BCUT2D eigenvalue weighted by Gasteiger charge is -2.45. The second-order valence-corrected chi connectivity index (χ2v) is 14.8. The Morgan fingerprint density at radius 2 is 1.54 bits per heavy atom. The molecular weight excluding hydrogens is 828 g/mol. The summed E-state index contributed by atoms with van der Waals surface area (Å²) in [6, 6.07) is -0.451. The van der Waals surface area contributed by atoms with E-state index in [2.05, 4.69) is 5.32 Å². The summed E-state index contributed by atoms with van der Waals surface area (Å²) >= 11 is 0. The van der Waals surface area contributed by atoms with Crippen molar-refractivity contribution in [3.8, 4) is 11.5 Å². The van der Waals surface area contributed by atoms with Crippen molar-refractivity contribution in [2.45, 2.75) is 112 Å². The van der Waals surface area contributed by atoms with Gasteiger partial charge < -0.3 is 90.3 Å². The first-order valence-corrected chi connectivity index (χ1v) is 18.2. The van der Waals surface area contributed by atoms with E-state index in [0.717, 1.165) is 25.1 Å². The molecule has 13 N–H and O–H groups in total. The van der Waals surface area contributed by atoms with E-state index < -0.39 is 152 Å². The summed E-state index contributed by atoms with van der Waals surface area (Å²) in [6.45, 7) is 0.163. The highest BCUT2D eigenvalue weighted by Gasteiger charge is 2.53. The largest absolute Gasteiger partial charge is 0.504 e. The van der Waals surface area contributed by atoms with Gasteiger partial charge in [-0.05, 0) is 24.6 Å². The predicted molar refractivity (Wildman–Crippen MR) is 191 cm³/mol. The highest BCUT2D eigenvalue weighted by atomic mass is 16.8. The number of fused-ring (bicyclic) bond motifs is 1. The molecule has 4 aliphatic heterocycles. The summed E-state index contributed by atoms with van der Waals surface area (Å²) in [5, 5.41) is 125. The molecule has 0 radical (unpaired) electrons. The van der Waals surface area contributed by atoms with E-state index in [4.69, 9.17) is 28.8 Å². The van der Waals surface area contributed by atoms with Crippen LogP contribution in [0, 0.1) is 0 Å². The highest BCUT2D eigenvalue weighted by Crippen LogP contribution is 2.41. The van der Waals surface area contributed by atoms with Crippen molar-refractivity contribution in [3.05, 3.63) is 41.1 Å². The van der Waals surface area contributed by atoms with Crippen LogP contribution in [0.4, 0.5) is 5.69 Å². The maximum Gasteiger partial charge on any atom is 0.373 e. The average Bonchev–Trinajstić information content (AvgIpc) is 3.52. The van der Waals surface area contributed by atoms with Gasteiger partial charge in [0.15, 0.2) is 36.2 Å². The number of ether oxygens (including phenoxy) is 5. The van der Waals surface area contributed by atoms with Crippen LogP contribution in [-0.4, -0.2) is 194 Å². The molecule has 0 bridgehead atoms. The molecule has 334 valence electrons. The van der Waals surface area contributed by atoms with Gasteiger partial charge in [-0.25, -0.2) is 19.2 Å². The van der Waals surface area contributed by atoms with E-state index in [1.807, 2.05) is 0 Å². The standard InChI is InChI=1S/C36H42N2O23/c1-36(56,9-21(40)41)10-22(42)57-11-20-23(43)25(45)29(61-34-27(47)24(44)26(46)28(60-34)33(54)55)35(59-20)58-19-7-13-6-17(32(52)53)38(16(13)8-18(19)39)3-2-12-4-14(30(48)49)37-15(5-12)31(50)51/h2-4,7-8,15,17,20,23-29,34-35,43-47,56H,5-6,9-11H2,1H3,(H6,39,40,41,48,49,50,51,52,53,54,55)/p+1/t15-,17-,20+,23+,24-,25-,26-,27+,28-,29+,34-,35+,36+/m0/s1. The number of phenols is 1. The molecule has 2 fully saturated rings. The number of esters is 1. The van der Waals surface area contributed by atoms with Crippen molar-refractivity contribution in [1.29, 1.82) is 0 Å². The molecule has 0 saturated carbocycles. The van der Waals surface area contributed by atoms with Gasteiger partial charge in [-0.2, -0.15) is 4.58 Å². The van der Waals surface area contributed by atoms with Crippen molar-refractivity contribution < 1.29 is 118 Å². The quantitative estimate of drug-likeness (QED) is 0.0586. The molecule has 13 atom stereocenters. The lowest BCUT2D eigenvalue weighted by molar-refractivity contribution is -0.456. The Balaban J connectivity index is 1.46. The second kappa shape index (κ2) is 18.5. The smallest absolute Gasteiger partial charge is 0.373 e. The molecule has 0 aliphatic carbocycles. The maximum absolute atomic E-state index is 12.5. The fourth-order valence-corrected chi connectivity index (χ4v) is 6.94. The van der Waals surface area contributed by atoms with Crippen molar-refractivity contribution >= 4 is 47.7 Å². The van der Waals surface area contributed by atoms with Crippen LogP contribution in [0.5, 0.6) is 11.5 Å². The Morgan fingerprint density at radius 1 is 0.852 bits per heavy atom. The summed E-state index contributed by atoms with van der Waals surface area (Å²) in [5.41, 5.74) is -2.00. The molecule has 61 heavy (non-hydrogen) atoms. The summed E-state index contributed by atoms with van der Waals surface area (Å²) < 4.78 is 28.6. The van der Waals surface area contributed by atoms with E-state index in [9.17, 15) is 84.9 Å². The number of carbonyl (C=O) groups excluding carboxylic acids is 1. The minimum absolute atomic E-state index is 0.0858. The SMILES string of the molecule is C[C@@](O)(CC(=O)O)CC(=O)OC[C@H]1O[C@@H](Oc2cc3c(cc2O)[N+](=C/C=C2/C=C(C(=O)O)N[C@H](C(=O)O)C2)[C@H](C(=O)O)C3)[C@H](O[C@@H]2O[C@H](C(=O)O)[C@@H](O)[C@H](O)[C@H]2O)[C@@H](O)[C@@H]1O. The van der Waals surface area contributed by atoms with Gasteiger partial charge >= 0.3 is 35.8 Å². The molecule has 4 aliphatic rings. The summed E-state index contributed by atoms with van der Waals surface area (Å²) in [6.07, 6.45) is -19.3. The molecule has 25 nitrogen and oxygen atoms in total. The number of aliphatic hydroxyl groups excluding tert-OH is 5. The highest BCUT2D eigenvalue weighted by molar-refractivity contribution is 5.89. The zero-order valence-corrected chi connectivity index (χ0v) is 31.7. The molecule has 2 saturated heterocycles. The number of hydrogen-bond donors (Lipinski definition) is 13. The third-order valence-corrected chi connectivity index (χ3v) is 10.0. The van der Waals surface area contributed by atoms with E-state index in [1.165, 1.54) is 16.9 Å². The molecule has 1 aromatic rings. The minimum Gasteiger partial charge on any atom is -0.504 e. The van der Waals surface area contributed by atoms with Crippen LogP contribution in [0.2, 0.25) is 0 Å². The molecule has 1 aromatic carbocycles. The Labute approximate surface area is 342 Å². The van der Waals surface area contributed by atoms with Gasteiger partial charge in [-0.15, -0.1) is 0 Å². The van der Waals surface area contributed by atoms with E-state index in [0.29, 0.717) is 0 Å². The number of hydrogen-bond acceptors (Lipinski definition) is 19. The Morgan fingerprint density at radius 3 is 2.15 bits per heavy atom. The molecule has 0 unspecified atom stereocenters. The van der Waals surface area contributed by atoms with Crippen LogP contribution in [0.3, 0.4) is 0 Å². The third kappa shape index (κ3) is 10.6. The van der Waals surface area contributed by atoms with Crippen LogP contribution in [0.25, 0.3) is 0 Å². The van der Waals surface area contributed by atoms with Crippen LogP contribution in [0.15, 0.2) is 35.6 Å². The van der Waals surface area contributed by atoms with Crippen molar-refractivity contribution in [1.82, 2.24) is 5.32 Å². The number of rotatable bonds is 15. The number of aromatic hydroxyl groups is 1. The fourth-order valence-electron chi connectivity index (χ4n) is 6.94. The number of nitrogens with zero attached hydrogens (tertiary/aromatic N) is 1. The van der Waals surface area contributed by atoms with Gasteiger partial charge in [-0.3, -0.25) is 9.59 Å². The first kappa shape index (κ1) is 46.3. The van der Waals surface area contributed by atoms with Gasteiger partial charge in [0.1, 0.15) is 55.0 Å². The fraction of sp³-hybridized carbons (Fsp3) is 0.528. The van der Waals surface area contributed by atoms with E-state index in [-0.39, 0.29) is 29.7 Å². The van der Waals surface area contributed by atoms with Crippen LogP contribution >= 0.6 is 0 Å². The van der Waals surface area contributed by atoms with E-state index >= 15 is 0 Å². The topological polar surface area (TPSA) is 406 Å². The van der Waals surface area contributed by atoms with Crippen molar-refractivity contribution in [3.63, 3.8) is 0 Å². The van der Waals surface area contributed by atoms with Gasteiger partial charge in [0.05, 0.1) is 30.9 Å². The molecule has 0 spiro atoms. The number of aliphatic carboxylic acids is 5. The van der Waals surface area contributed by atoms with Gasteiger partial charge in [0.25, 0.3) is 6.04 Å². The zero-order chi connectivity index (χ0) is 45.2. The van der Waals surface area contributed by atoms with Crippen LogP contribution in [0.1, 0.15) is 31.7 Å². The Hall–Kier alpha value is -5.77. The monoisotopic (exact) mass is 871 g/mol. The molecule has 5 rings (SSSR count). The Bertz CT molecular complexity index is 2010. The number of carboxylic acids is 5. The van der Waals surface area contributed by atoms with Crippen molar-refractivity contribution in [2.75, 3.05) is 6.61 Å². The van der Waals surface area contributed by atoms with Gasteiger partial charge in [0, 0.05) is 18.1 Å². The molecule has 4 heterocycles. The number of carboxylic acid groups (broad SMARTS) is 5. The summed E-state index contributed by atoms with van der Waals surface area (Å²) in [7, 11) is 0. The predicted octanol–water partition coefficient (Wildman–Crippen LogP) is -4.28. The van der Waals surface area contributed by atoms with Gasteiger partial charge in [0.2, 0.25) is 12.0 Å². The number of aliphatic hydroxyl groups is 6. The average molecular weight is 872 g/mol. The minimum atomic E-state index is -2.18. The number of allylic oxidation sites excluding steroid dienone is 2. The number of phenolic OH excluding ortho intramolecular Hbond substituents is 1. The normalized spacial score (nSPS) is 33.4. The maximum atomic E-state index is 12.5. The van der Waals surface area contributed by atoms with E-state index in [1.54, 1.807) is 0 Å². The molecule has 25 heteroatoms. The molecular formula is C36H43N2O23+. The molecule has 0 aromatic heterocycles. The second-order valence-electron chi connectivity index (χ2n) is 14.8. The Kier molecular flexibility index (Phi) is 14.0. The third-order valence-electron chi connectivity index (χ3n) is 10.0. The lowest BCUT2D eigenvalue weighted by atomic mass is 9.97. The number of benzene rings is 1. The first-order valence-electron chi connectivity index (χ1n) is 18.2. The number of nitrogens with one attached hydrogen (secondary N) is 1. The van der Waals surface area contributed by atoms with Crippen LogP contribution in [-0.2, 0) is 54.1 Å². The summed E-state index contributed by atoms with van der Waals surface area (Å²) in [4.78, 5) is 70.9. The lowest BCUT2D eigenvalue weighted by Crippen LogP contribution is -2.65. The summed E-state index contributed by atoms with van der Waals surface area (Å²) in [5.74, 6) is -9.76.